The molecule has 0 atom stereocenters. The second kappa shape index (κ2) is 6.17. The van der Waals surface area contributed by atoms with Crippen LogP contribution < -0.4 is 5.32 Å². The average Bonchev–Trinajstić information content (AvgIpc) is 2.29. The molecule has 0 aliphatic carbocycles. The molecule has 1 rings (SSSR count). The lowest BCUT2D eigenvalue weighted by Gasteiger charge is -2.08. The number of carbonyl (C=O) groups is 2. The maximum Gasteiger partial charge on any atom is 0.253 e. The van der Waals surface area contributed by atoms with Crippen LogP contribution in [-0.2, 0) is 4.79 Å². The van der Waals surface area contributed by atoms with Gasteiger partial charge in [-0.15, -0.1) is 0 Å². The number of amides is 1. The van der Waals surface area contributed by atoms with Gasteiger partial charge in [0.15, 0.2) is 5.78 Å². The molecule has 0 aliphatic rings. The van der Waals surface area contributed by atoms with E-state index < -0.39 is 0 Å². The zero-order valence-electron chi connectivity index (χ0n) is 9.59. The maximum absolute atomic E-state index is 11.8. The van der Waals surface area contributed by atoms with Gasteiger partial charge in [0.25, 0.3) is 5.91 Å². The summed E-state index contributed by atoms with van der Waals surface area (Å²) in [6, 6.07) is 5.08. The number of ketones is 1. The Morgan fingerprint density at radius 1 is 1.41 bits per heavy atom. The molecule has 0 saturated heterocycles. The standard InChI is InChI=1S/C12H13BrClNO2/c1-7(2)10(16)6-15-12(17)8-4-3-5-9(13)11(8)14/h3-5,7H,6H2,1-2H3,(H,15,17). The largest absolute Gasteiger partial charge is 0.345 e. The fraction of sp³-hybridized carbons (Fsp3) is 0.333. The van der Waals surface area contributed by atoms with E-state index in [1.165, 1.54) is 0 Å². The van der Waals surface area contributed by atoms with Crippen LogP contribution in [0.3, 0.4) is 0 Å². The molecule has 3 nitrogen and oxygen atoms in total. The average molecular weight is 319 g/mol. The summed E-state index contributed by atoms with van der Waals surface area (Å²) in [4.78, 5) is 23.1. The highest BCUT2D eigenvalue weighted by atomic mass is 79.9. The summed E-state index contributed by atoms with van der Waals surface area (Å²) in [5.74, 6) is -0.442. The zero-order chi connectivity index (χ0) is 13.0. The first-order chi connectivity index (χ1) is 7.93. The minimum Gasteiger partial charge on any atom is -0.345 e. The van der Waals surface area contributed by atoms with Crippen molar-refractivity contribution in [2.45, 2.75) is 13.8 Å². The summed E-state index contributed by atoms with van der Waals surface area (Å²) in [6.07, 6.45) is 0. The molecule has 0 saturated carbocycles. The second-order valence-corrected chi connectivity index (χ2v) is 5.14. The fourth-order valence-corrected chi connectivity index (χ4v) is 1.72. The molecule has 5 heteroatoms. The van der Waals surface area contributed by atoms with E-state index in [4.69, 9.17) is 11.6 Å². The van der Waals surface area contributed by atoms with Crippen molar-refractivity contribution in [2.75, 3.05) is 6.54 Å². The third-order valence-corrected chi connectivity index (χ3v) is 3.56. The van der Waals surface area contributed by atoms with Crippen LogP contribution in [0.4, 0.5) is 0 Å². The molecule has 1 N–H and O–H groups in total. The molecule has 0 aliphatic heterocycles. The van der Waals surface area contributed by atoms with Gasteiger partial charge in [0.2, 0.25) is 0 Å². The number of carbonyl (C=O) groups excluding carboxylic acids is 2. The van der Waals surface area contributed by atoms with E-state index in [0.29, 0.717) is 15.1 Å². The van der Waals surface area contributed by atoms with Crippen LogP contribution in [0.25, 0.3) is 0 Å². The van der Waals surface area contributed by atoms with Crippen molar-refractivity contribution < 1.29 is 9.59 Å². The van der Waals surface area contributed by atoms with Crippen molar-refractivity contribution in [3.8, 4) is 0 Å². The van der Waals surface area contributed by atoms with Crippen LogP contribution in [0.2, 0.25) is 5.02 Å². The number of hydrogen-bond donors (Lipinski definition) is 1. The first-order valence-electron chi connectivity index (χ1n) is 5.18. The molecule has 0 bridgehead atoms. The topological polar surface area (TPSA) is 46.2 Å². The molecule has 0 aromatic heterocycles. The number of benzene rings is 1. The van der Waals surface area contributed by atoms with Gasteiger partial charge < -0.3 is 5.32 Å². The minimum absolute atomic E-state index is 0.00975. The summed E-state index contributed by atoms with van der Waals surface area (Å²) >= 11 is 9.21. The molecule has 0 unspecified atom stereocenters. The normalized spacial score (nSPS) is 10.4. The number of Topliss-reactive ketones (excluding diaryl/α,β-unsaturated/α-hetero) is 1. The maximum atomic E-state index is 11.8. The molecular formula is C12H13BrClNO2. The predicted molar refractivity (Wildman–Crippen MR) is 71.3 cm³/mol. The Labute approximate surface area is 114 Å². The number of nitrogens with one attached hydrogen (secondary N) is 1. The molecule has 0 fully saturated rings. The SMILES string of the molecule is CC(C)C(=O)CNC(=O)c1cccc(Br)c1Cl. The van der Waals surface area contributed by atoms with Gasteiger partial charge in [-0.05, 0) is 28.1 Å². The molecule has 92 valence electrons. The Bertz CT molecular complexity index is 446. The molecule has 1 aromatic rings. The Kier molecular flexibility index (Phi) is 5.15. The Morgan fingerprint density at radius 2 is 2.06 bits per heavy atom. The second-order valence-electron chi connectivity index (χ2n) is 3.91. The van der Waals surface area contributed by atoms with E-state index in [9.17, 15) is 9.59 Å². The first kappa shape index (κ1) is 14.2. The van der Waals surface area contributed by atoms with Crippen molar-refractivity contribution in [1.29, 1.82) is 0 Å². The van der Waals surface area contributed by atoms with E-state index in [2.05, 4.69) is 21.2 Å². The van der Waals surface area contributed by atoms with Crippen molar-refractivity contribution in [3.63, 3.8) is 0 Å². The number of hydrogen-bond acceptors (Lipinski definition) is 2. The summed E-state index contributed by atoms with van der Waals surface area (Å²) in [7, 11) is 0. The van der Waals surface area contributed by atoms with Gasteiger partial charge in [0.05, 0.1) is 17.1 Å². The van der Waals surface area contributed by atoms with Gasteiger partial charge in [0, 0.05) is 10.4 Å². The lowest BCUT2D eigenvalue weighted by molar-refractivity contribution is -0.120. The van der Waals surface area contributed by atoms with Crippen molar-refractivity contribution in [2.24, 2.45) is 5.92 Å². The summed E-state index contributed by atoms with van der Waals surface area (Å²) in [5, 5.41) is 2.90. The highest BCUT2D eigenvalue weighted by molar-refractivity contribution is 9.10. The fourth-order valence-electron chi connectivity index (χ4n) is 1.15. The van der Waals surface area contributed by atoms with Gasteiger partial charge in [0.1, 0.15) is 0 Å². The molecule has 17 heavy (non-hydrogen) atoms. The van der Waals surface area contributed by atoms with Crippen molar-refractivity contribution in [3.05, 3.63) is 33.3 Å². The van der Waals surface area contributed by atoms with E-state index in [1.54, 1.807) is 32.0 Å². The van der Waals surface area contributed by atoms with Crippen molar-refractivity contribution in [1.82, 2.24) is 5.32 Å². The molecule has 0 radical (unpaired) electrons. The van der Waals surface area contributed by atoms with Crippen LogP contribution in [0.5, 0.6) is 0 Å². The smallest absolute Gasteiger partial charge is 0.253 e. The first-order valence-corrected chi connectivity index (χ1v) is 6.35. The Morgan fingerprint density at radius 3 is 2.65 bits per heavy atom. The van der Waals surface area contributed by atoms with E-state index in [0.717, 1.165) is 0 Å². The summed E-state index contributed by atoms with van der Waals surface area (Å²) < 4.78 is 0.655. The quantitative estimate of drug-likeness (QED) is 0.927. The van der Waals surface area contributed by atoms with Crippen LogP contribution in [-0.4, -0.2) is 18.2 Å². The molecule has 0 heterocycles. The lowest BCUT2D eigenvalue weighted by atomic mass is 10.1. The van der Waals surface area contributed by atoms with Gasteiger partial charge >= 0.3 is 0 Å². The third kappa shape index (κ3) is 3.82. The van der Waals surface area contributed by atoms with Crippen LogP contribution in [0.15, 0.2) is 22.7 Å². The Balaban J connectivity index is 2.71. The van der Waals surface area contributed by atoms with Crippen LogP contribution in [0, 0.1) is 5.92 Å². The molecular weight excluding hydrogens is 305 g/mol. The van der Waals surface area contributed by atoms with Gasteiger partial charge in [-0.2, -0.15) is 0 Å². The third-order valence-electron chi connectivity index (χ3n) is 2.26. The van der Waals surface area contributed by atoms with E-state index in [-0.39, 0.29) is 24.2 Å². The van der Waals surface area contributed by atoms with E-state index in [1.807, 2.05) is 0 Å². The van der Waals surface area contributed by atoms with Gasteiger partial charge in [-0.25, -0.2) is 0 Å². The zero-order valence-corrected chi connectivity index (χ0v) is 11.9. The van der Waals surface area contributed by atoms with Crippen LogP contribution in [0.1, 0.15) is 24.2 Å². The molecule has 0 spiro atoms. The van der Waals surface area contributed by atoms with Crippen LogP contribution >= 0.6 is 27.5 Å². The van der Waals surface area contributed by atoms with Gasteiger partial charge in [-0.3, -0.25) is 9.59 Å². The minimum atomic E-state index is -0.342. The molecule has 1 aromatic carbocycles. The highest BCUT2D eigenvalue weighted by Gasteiger charge is 2.14. The number of halogens is 2. The lowest BCUT2D eigenvalue weighted by Crippen LogP contribution is -2.31. The van der Waals surface area contributed by atoms with Crippen molar-refractivity contribution >= 4 is 39.2 Å². The summed E-state index contributed by atoms with van der Waals surface area (Å²) in [6.45, 7) is 3.61. The highest BCUT2D eigenvalue weighted by Crippen LogP contribution is 2.25. The van der Waals surface area contributed by atoms with E-state index >= 15 is 0 Å². The number of rotatable bonds is 4. The van der Waals surface area contributed by atoms with Gasteiger partial charge in [-0.1, -0.05) is 31.5 Å². The molecule has 1 amide bonds. The summed E-state index contributed by atoms with van der Waals surface area (Å²) in [5.41, 5.74) is 0.359. The monoisotopic (exact) mass is 317 g/mol. The predicted octanol–water partition coefficient (Wildman–Crippen LogP) is 3.06. The Hall–Kier alpha value is -0.870.